The molecule has 5 saturated carbocycles. The largest absolute Gasteiger partial charge is 0.484 e. The van der Waals surface area contributed by atoms with Crippen LogP contribution in [-0.2, 0) is 9.59 Å². The second-order valence-corrected chi connectivity index (χ2v) is 9.51. The van der Waals surface area contributed by atoms with Crippen molar-refractivity contribution in [2.24, 2.45) is 29.6 Å². The van der Waals surface area contributed by atoms with Gasteiger partial charge in [-0.3, -0.25) is 9.59 Å². The van der Waals surface area contributed by atoms with Gasteiger partial charge < -0.3 is 15.0 Å². The Hall–Kier alpha value is -2.04. The summed E-state index contributed by atoms with van der Waals surface area (Å²) in [6, 6.07) is 7.74. The molecule has 5 heteroatoms. The molecule has 0 radical (unpaired) electrons. The predicted octanol–water partition coefficient (Wildman–Crippen LogP) is 3.70. The van der Waals surface area contributed by atoms with Crippen molar-refractivity contribution >= 4 is 17.5 Å². The molecule has 1 aromatic rings. The van der Waals surface area contributed by atoms with Gasteiger partial charge in [-0.1, -0.05) is 6.07 Å². The summed E-state index contributed by atoms with van der Waals surface area (Å²) in [6.45, 7) is 0.0549. The number of benzene rings is 1. The summed E-state index contributed by atoms with van der Waals surface area (Å²) in [6.07, 6.45) is 8.60. The molecule has 4 bridgehead atoms. The zero-order valence-corrected chi connectivity index (χ0v) is 16.6. The summed E-state index contributed by atoms with van der Waals surface area (Å²) in [5, 5.41) is 2.93. The van der Waals surface area contributed by atoms with Crippen LogP contribution in [0.2, 0.25) is 0 Å². The maximum atomic E-state index is 12.8. The number of ether oxygens (including phenoxy) is 1. The average Bonchev–Trinajstić information content (AvgIpc) is 3.51. The molecule has 28 heavy (non-hydrogen) atoms. The molecule has 1 N–H and O–H groups in total. The molecular weight excluding hydrogens is 352 g/mol. The minimum absolute atomic E-state index is 0.0549. The lowest BCUT2D eigenvalue weighted by atomic mass is 9.54. The van der Waals surface area contributed by atoms with E-state index in [0.29, 0.717) is 23.6 Å². The van der Waals surface area contributed by atoms with Crippen molar-refractivity contribution in [1.82, 2.24) is 4.90 Å². The van der Waals surface area contributed by atoms with E-state index in [9.17, 15) is 9.59 Å². The first-order valence-corrected chi connectivity index (χ1v) is 10.9. The molecule has 0 heterocycles. The van der Waals surface area contributed by atoms with Crippen LogP contribution >= 0.6 is 0 Å². The Morgan fingerprint density at radius 3 is 2.39 bits per heavy atom. The molecule has 150 valence electrons. The van der Waals surface area contributed by atoms with E-state index in [1.165, 1.54) is 32.1 Å². The quantitative estimate of drug-likeness (QED) is 0.816. The molecule has 1 aromatic carbocycles. The smallest absolute Gasteiger partial charge is 0.260 e. The first-order chi connectivity index (χ1) is 13.6. The van der Waals surface area contributed by atoms with Gasteiger partial charge in [-0.15, -0.1) is 0 Å². The predicted molar refractivity (Wildman–Crippen MR) is 107 cm³/mol. The maximum Gasteiger partial charge on any atom is 0.260 e. The number of anilines is 1. The highest BCUT2D eigenvalue weighted by Crippen LogP contribution is 2.54. The first-order valence-electron chi connectivity index (χ1n) is 10.9. The lowest BCUT2D eigenvalue weighted by Gasteiger charge is -2.56. The van der Waals surface area contributed by atoms with Crippen LogP contribution in [0, 0.1) is 29.6 Å². The fraction of sp³-hybridized carbons (Fsp3) is 0.652. The third kappa shape index (κ3) is 3.51. The van der Waals surface area contributed by atoms with Crippen LogP contribution in [0.25, 0.3) is 0 Å². The highest BCUT2D eigenvalue weighted by atomic mass is 16.5. The molecule has 2 amide bonds. The third-order valence-corrected chi connectivity index (χ3v) is 7.43. The van der Waals surface area contributed by atoms with E-state index in [0.717, 1.165) is 30.4 Å². The van der Waals surface area contributed by atoms with Gasteiger partial charge in [0.15, 0.2) is 6.61 Å². The van der Waals surface area contributed by atoms with Crippen molar-refractivity contribution in [3.63, 3.8) is 0 Å². The van der Waals surface area contributed by atoms with Gasteiger partial charge in [0.25, 0.3) is 5.91 Å². The monoisotopic (exact) mass is 382 g/mol. The van der Waals surface area contributed by atoms with E-state index in [2.05, 4.69) is 5.32 Å². The van der Waals surface area contributed by atoms with Gasteiger partial charge in [-0.2, -0.15) is 0 Å². The molecule has 0 spiro atoms. The Labute approximate surface area is 166 Å². The second kappa shape index (κ2) is 7.09. The molecule has 0 saturated heterocycles. The van der Waals surface area contributed by atoms with Crippen molar-refractivity contribution in [2.45, 2.75) is 51.0 Å². The Balaban J connectivity index is 1.17. The molecule has 5 aliphatic rings. The summed E-state index contributed by atoms with van der Waals surface area (Å²) in [7, 11) is 1.96. The maximum absolute atomic E-state index is 12.8. The highest BCUT2D eigenvalue weighted by Gasteiger charge is 2.50. The Kier molecular flexibility index (Phi) is 4.56. The fourth-order valence-electron chi connectivity index (χ4n) is 6.20. The van der Waals surface area contributed by atoms with Crippen LogP contribution in [-0.4, -0.2) is 36.4 Å². The topological polar surface area (TPSA) is 58.6 Å². The Morgan fingerprint density at radius 2 is 1.75 bits per heavy atom. The number of likely N-dealkylation sites (N-methyl/N-ethyl adjacent to an activating group) is 1. The third-order valence-electron chi connectivity index (χ3n) is 7.43. The van der Waals surface area contributed by atoms with Gasteiger partial charge in [0.1, 0.15) is 5.75 Å². The molecule has 0 unspecified atom stereocenters. The molecule has 5 aliphatic carbocycles. The van der Waals surface area contributed by atoms with Gasteiger partial charge >= 0.3 is 0 Å². The fourth-order valence-corrected chi connectivity index (χ4v) is 6.20. The summed E-state index contributed by atoms with van der Waals surface area (Å²) >= 11 is 0. The zero-order chi connectivity index (χ0) is 19.3. The molecular formula is C23H30N2O3. The number of carbonyl (C=O) groups excluding carboxylic acids is 2. The standard InChI is InChI=1S/C23H30N2O3/c1-25(22-17-8-14-7-15(10-17)11-18(22)9-14)21(26)13-28-20-4-2-3-19(12-20)24-23(27)16-5-6-16/h2-4,12,14-18,22H,5-11,13H2,1H3,(H,24,27). The van der Waals surface area contributed by atoms with Gasteiger partial charge in [0.2, 0.25) is 5.91 Å². The van der Waals surface area contributed by atoms with Crippen LogP contribution in [0.4, 0.5) is 5.69 Å². The van der Waals surface area contributed by atoms with Crippen LogP contribution in [0.1, 0.15) is 44.9 Å². The molecule has 0 atom stereocenters. The van der Waals surface area contributed by atoms with Crippen molar-refractivity contribution < 1.29 is 14.3 Å². The Bertz CT molecular complexity index is 745. The second-order valence-electron chi connectivity index (χ2n) is 9.51. The van der Waals surface area contributed by atoms with Crippen LogP contribution in [0.3, 0.4) is 0 Å². The molecule has 6 rings (SSSR count). The van der Waals surface area contributed by atoms with Crippen molar-refractivity contribution in [3.05, 3.63) is 24.3 Å². The number of hydrogen-bond donors (Lipinski definition) is 1. The highest BCUT2D eigenvalue weighted by molar-refractivity contribution is 5.94. The van der Waals surface area contributed by atoms with Gasteiger partial charge in [-0.05, 0) is 80.8 Å². The Morgan fingerprint density at radius 1 is 1.07 bits per heavy atom. The normalized spacial score (nSPS) is 32.8. The summed E-state index contributed by atoms with van der Waals surface area (Å²) in [4.78, 5) is 26.7. The molecule has 5 nitrogen and oxygen atoms in total. The van der Waals surface area contributed by atoms with Crippen LogP contribution in [0.15, 0.2) is 24.3 Å². The number of nitrogens with zero attached hydrogens (tertiary/aromatic N) is 1. The minimum Gasteiger partial charge on any atom is -0.484 e. The SMILES string of the molecule is CN(C(=O)COc1cccc(NC(=O)C2CC2)c1)C1C2CC3CC(C2)CC1C3. The molecule has 5 fully saturated rings. The zero-order valence-electron chi connectivity index (χ0n) is 16.6. The first kappa shape index (κ1) is 18.0. The summed E-state index contributed by atoms with van der Waals surface area (Å²) < 4.78 is 5.79. The van der Waals surface area contributed by atoms with E-state index in [1.54, 1.807) is 6.07 Å². The van der Waals surface area contributed by atoms with Gasteiger partial charge in [-0.25, -0.2) is 0 Å². The number of nitrogens with one attached hydrogen (secondary N) is 1. The van der Waals surface area contributed by atoms with Gasteiger partial charge in [0.05, 0.1) is 0 Å². The number of hydrogen-bond acceptors (Lipinski definition) is 3. The van der Waals surface area contributed by atoms with Crippen molar-refractivity contribution in [2.75, 3.05) is 19.0 Å². The van der Waals surface area contributed by atoms with E-state index in [-0.39, 0.29) is 24.3 Å². The lowest BCUT2D eigenvalue weighted by Crippen LogP contribution is -2.56. The number of amides is 2. The lowest BCUT2D eigenvalue weighted by molar-refractivity contribution is -0.143. The molecule has 0 aromatic heterocycles. The summed E-state index contributed by atoms with van der Waals surface area (Å²) in [5.41, 5.74) is 0.733. The van der Waals surface area contributed by atoms with E-state index in [4.69, 9.17) is 4.74 Å². The van der Waals surface area contributed by atoms with Crippen molar-refractivity contribution in [3.8, 4) is 5.75 Å². The number of carbonyl (C=O) groups is 2. The average molecular weight is 383 g/mol. The molecule has 0 aliphatic heterocycles. The van der Waals surface area contributed by atoms with Crippen molar-refractivity contribution in [1.29, 1.82) is 0 Å². The number of rotatable bonds is 6. The minimum atomic E-state index is 0.0549. The van der Waals surface area contributed by atoms with Gasteiger partial charge in [0, 0.05) is 30.8 Å². The van der Waals surface area contributed by atoms with E-state index < -0.39 is 0 Å². The van der Waals surface area contributed by atoms with E-state index in [1.807, 2.05) is 30.1 Å². The summed E-state index contributed by atoms with van der Waals surface area (Å²) in [5.74, 6) is 4.12. The van der Waals surface area contributed by atoms with E-state index >= 15 is 0 Å². The van der Waals surface area contributed by atoms with Crippen LogP contribution in [0.5, 0.6) is 5.75 Å². The van der Waals surface area contributed by atoms with Crippen LogP contribution < -0.4 is 10.1 Å².